The number of carboxylic acid groups (broad SMARTS) is 2. The first-order valence-corrected chi connectivity index (χ1v) is 7.78. The van der Waals surface area contributed by atoms with Crippen LogP contribution in [0.3, 0.4) is 0 Å². The number of rotatable bonds is 1. The van der Waals surface area contributed by atoms with Crippen LogP contribution < -0.4 is 10.5 Å². The predicted molar refractivity (Wildman–Crippen MR) is 91.4 cm³/mol. The molecule has 3 rings (SSSR count). The molecule has 16 heteroatoms. The van der Waals surface area contributed by atoms with Gasteiger partial charge in [-0.05, 0) is 12.1 Å². The van der Waals surface area contributed by atoms with Crippen molar-refractivity contribution in [2.24, 2.45) is 15.7 Å². The molecule has 0 radical (unpaired) electrons. The molecule has 31 heavy (non-hydrogen) atoms. The summed E-state index contributed by atoms with van der Waals surface area (Å²) in [4.78, 5) is 28.3. The molecule has 2 aliphatic heterocycles. The maximum Gasteiger partial charge on any atom is 0.490 e. The summed E-state index contributed by atoms with van der Waals surface area (Å²) in [5, 5.41) is 24.0. The van der Waals surface area contributed by atoms with Crippen LogP contribution in [0, 0.1) is 0 Å². The molecule has 1 aromatic carbocycles. The number of ether oxygens (including phenoxy) is 1. The van der Waals surface area contributed by atoms with Crippen molar-refractivity contribution in [2.75, 3.05) is 20.2 Å². The van der Waals surface area contributed by atoms with Crippen LogP contribution in [0.2, 0.25) is 0 Å². The Morgan fingerprint density at radius 2 is 1.58 bits per heavy atom. The number of nitrogens with two attached hydrogens (primary N) is 1. The van der Waals surface area contributed by atoms with E-state index in [2.05, 4.69) is 9.98 Å². The monoisotopic (exact) mass is 460 g/mol. The average Bonchev–Trinajstić information content (AvgIpc) is 3.12. The Balaban J connectivity index is 0.000000288. The number of phenolic OH excluding ortho intramolecular Hbond substituents is 1. The molecule has 0 bridgehead atoms. The maximum atomic E-state index is 10.6. The lowest BCUT2D eigenvalue weighted by atomic mass is 10.1. The van der Waals surface area contributed by atoms with Crippen LogP contribution in [-0.4, -0.2) is 76.5 Å². The van der Waals surface area contributed by atoms with E-state index in [4.69, 9.17) is 30.3 Å². The topological polar surface area (TPSA) is 158 Å². The number of nitrogens with zero attached hydrogens (tertiary/aromatic N) is 3. The summed E-state index contributed by atoms with van der Waals surface area (Å²) in [5.74, 6) is -3.95. The number of hydrogen-bond acceptors (Lipinski definition) is 8. The molecule has 172 valence electrons. The fourth-order valence-electron chi connectivity index (χ4n) is 2.13. The molecular weight excluding hydrogens is 446 g/mol. The molecule has 0 spiro atoms. The van der Waals surface area contributed by atoms with E-state index < -0.39 is 24.3 Å². The zero-order chi connectivity index (χ0) is 24.1. The van der Waals surface area contributed by atoms with Crippen molar-refractivity contribution in [2.45, 2.75) is 12.4 Å². The SMILES string of the molecule is COc1c(O)ccc2c1N=C(N)N1CCN=C21.O=C(O)C(F)(F)F.O=C(O)C(F)(F)F. The summed E-state index contributed by atoms with van der Waals surface area (Å²) < 4.78 is 68.6. The van der Waals surface area contributed by atoms with E-state index >= 15 is 0 Å². The van der Waals surface area contributed by atoms with Gasteiger partial charge in [0.05, 0.1) is 13.7 Å². The van der Waals surface area contributed by atoms with Gasteiger partial charge in [-0.2, -0.15) is 26.3 Å². The van der Waals surface area contributed by atoms with Crippen molar-refractivity contribution in [1.82, 2.24) is 4.90 Å². The molecular formula is C15H14F6N4O6. The molecule has 2 aliphatic rings. The van der Waals surface area contributed by atoms with Gasteiger partial charge in [0.15, 0.2) is 11.5 Å². The number of aromatic hydroxyl groups is 1. The fraction of sp³-hybridized carbons (Fsp3) is 0.333. The Hall–Kier alpha value is -3.72. The van der Waals surface area contributed by atoms with Crippen molar-refractivity contribution < 1.29 is 56.0 Å². The highest BCUT2D eigenvalue weighted by molar-refractivity contribution is 6.16. The second kappa shape index (κ2) is 9.40. The summed E-state index contributed by atoms with van der Waals surface area (Å²) in [7, 11) is 1.49. The third-order valence-corrected chi connectivity index (χ3v) is 3.38. The fourth-order valence-corrected chi connectivity index (χ4v) is 2.13. The number of alkyl halides is 6. The van der Waals surface area contributed by atoms with E-state index in [1.54, 1.807) is 12.1 Å². The van der Waals surface area contributed by atoms with Crippen LogP contribution in [0.5, 0.6) is 11.5 Å². The Kier molecular flexibility index (Phi) is 7.67. The Morgan fingerprint density at radius 1 is 1.10 bits per heavy atom. The number of guanidine groups is 1. The number of halogens is 6. The molecule has 0 saturated heterocycles. The van der Waals surface area contributed by atoms with Gasteiger partial charge in [0.1, 0.15) is 11.5 Å². The summed E-state index contributed by atoms with van der Waals surface area (Å²) in [6, 6.07) is 3.36. The van der Waals surface area contributed by atoms with E-state index in [1.807, 2.05) is 4.90 Å². The van der Waals surface area contributed by atoms with Gasteiger partial charge in [-0.15, -0.1) is 0 Å². The van der Waals surface area contributed by atoms with Gasteiger partial charge in [-0.3, -0.25) is 9.89 Å². The number of phenols is 1. The summed E-state index contributed by atoms with van der Waals surface area (Å²) in [6.45, 7) is 1.45. The molecule has 1 aromatic rings. The highest BCUT2D eigenvalue weighted by atomic mass is 19.4. The van der Waals surface area contributed by atoms with E-state index in [9.17, 15) is 31.4 Å². The number of hydrogen-bond donors (Lipinski definition) is 4. The minimum absolute atomic E-state index is 0.0508. The number of fused-ring (bicyclic) bond motifs is 3. The largest absolute Gasteiger partial charge is 0.504 e. The second-order valence-corrected chi connectivity index (χ2v) is 5.45. The Labute approximate surface area is 168 Å². The number of benzene rings is 1. The van der Waals surface area contributed by atoms with Gasteiger partial charge >= 0.3 is 24.3 Å². The lowest BCUT2D eigenvalue weighted by Crippen LogP contribution is -2.42. The first-order valence-electron chi connectivity index (χ1n) is 7.78. The van der Waals surface area contributed by atoms with Gasteiger partial charge < -0.3 is 25.8 Å². The van der Waals surface area contributed by atoms with Gasteiger partial charge in [0.25, 0.3) is 0 Å². The third kappa shape index (κ3) is 6.38. The normalized spacial score (nSPS) is 14.5. The first-order chi connectivity index (χ1) is 14.1. The van der Waals surface area contributed by atoms with Gasteiger partial charge in [0, 0.05) is 12.1 Å². The van der Waals surface area contributed by atoms with Crippen LogP contribution in [0.1, 0.15) is 5.56 Å². The number of aliphatic carboxylic acids is 2. The first kappa shape index (κ1) is 25.3. The Morgan fingerprint density at radius 3 is 2.00 bits per heavy atom. The molecule has 0 atom stereocenters. The van der Waals surface area contributed by atoms with Crippen LogP contribution in [0.15, 0.2) is 22.1 Å². The molecule has 0 amide bonds. The quantitative estimate of drug-likeness (QED) is 0.461. The molecule has 0 saturated carbocycles. The van der Waals surface area contributed by atoms with Gasteiger partial charge in [-0.1, -0.05) is 0 Å². The van der Waals surface area contributed by atoms with Crippen LogP contribution in [0.4, 0.5) is 32.0 Å². The van der Waals surface area contributed by atoms with E-state index in [-0.39, 0.29) is 5.75 Å². The van der Waals surface area contributed by atoms with Crippen LogP contribution in [0.25, 0.3) is 0 Å². The summed E-state index contributed by atoms with van der Waals surface area (Å²) >= 11 is 0. The number of methoxy groups -OCH3 is 1. The highest BCUT2D eigenvalue weighted by Gasteiger charge is 2.39. The molecule has 0 unspecified atom stereocenters. The number of carbonyl (C=O) groups is 2. The van der Waals surface area contributed by atoms with Gasteiger partial charge in [0.2, 0.25) is 5.96 Å². The maximum absolute atomic E-state index is 10.6. The lowest BCUT2D eigenvalue weighted by molar-refractivity contribution is -0.193. The van der Waals surface area contributed by atoms with Crippen LogP contribution in [-0.2, 0) is 9.59 Å². The standard InChI is InChI=1S/C11H12N4O2.2C2HF3O2/c1-17-9-7(16)3-2-6-8(9)14-11(12)15-5-4-13-10(6)15;2*3-2(4,5)1(6)7/h2-3,16H,4-5H2,1H3,(H2,12,14);2*(H,6,7). The zero-order valence-electron chi connectivity index (χ0n) is 15.3. The van der Waals surface area contributed by atoms with Crippen molar-refractivity contribution in [1.29, 1.82) is 0 Å². The molecule has 0 aliphatic carbocycles. The third-order valence-electron chi connectivity index (χ3n) is 3.38. The zero-order valence-corrected chi connectivity index (χ0v) is 15.3. The van der Waals surface area contributed by atoms with E-state index in [0.29, 0.717) is 23.9 Å². The van der Waals surface area contributed by atoms with Crippen molar-refractivity contribution in [3.8, 4) is 11.5 Å². The molecule has 5 N–H and O–H groups in total. The lowest BCUT2D eigenvalue weighted by Gasteiger charge is -2.25. The second-order valence-electron chi connectivity index (χ2n) is 5.45. The van der Waals surface area contributed by atoms with Crippen molar-refractivity contribution >= 4 is 29.4 Å². The molecule has 2 heterocycles. The van der Waals surface area contributed by atoms with Crippen molar-refractivity contribution in [3.63, 3.8) is 0 Å². The summed E-state index contributed by atoms with van der Waals surface area (Å²) in [6.07, 6.45) is -10.2. The van der Waals surface area contributed by atoms with E-state index in [1.165, 1.54) is 7.11 Å². The van der Waals surface area contributed by atoms with Crippen molar-refractivity contribution in [3.05, 3.63) is 17.7 Å². The molecule has 0 fully saturated rings. The predicted octanol–water partition coefficient (Wildman–Crippen LogP) is 1.69. The van der Waals surface area contributed by atoms with Gasteiger partial charge in [-0.25, -0.2) is 14.6 Å². The molecule has 10 nitrogen and oxygen atoms in total. The minimum Gasteiger partial charge on any atom is -0.504 e. The Bertz CT molecular complexity index is 888. The number of aliphatic imine (C=N–C) groups is 2. The summed E-state index contributed by atoms with van der Waals surface area (Å²) in [5.41, 5.74) is 7.25. The van der Waals surface area contributed by atoms with E-state index in [0.717, 1.165) is 17.9 Å². The number of carboxylic acids is 2. The smallest absolute Gasteiger partial charge is 0.490 e. The minimum atomic E-state index is -5.08. The average molecular weight is 460 g/mol. The van der Waals surface area contributed by atoms with Crippen LogP contribution >= 0.6 is 0 Å². The highest BCUT2D eigenvalue weighted by Crippen LogP contribution is 2.42. The number of amidine groups is 1. The molecule has 0 aromatic heterocycles.